The number of nitrogens with one attached hydrogen (secondary N) is 1. The highest BCUT2D eigenvalue weighted by Gasteiger charge is 2.26. The molecule has 0 bridgehead atoms. The Hall–Kier alpha value is 0.100. The molecule has 14 heavy (non-hydrogen) atoms. The van der Waals surface area contributed by atoms with E-state index < -0.39 is 0 Å². The Balaban J connectivity index is 1.80. The molecule has 1 aromatic rings. The van der Waals surface area contributed by atoms with E-state index in [2.05, 4.69) is 34.2 Å². The van der Waals surface area contributed by atoms with Crippen molar-refractivity contribution in [3.05, 3.63) is 20.3 Å². The molecule has 4 heteroatoms. The first kappa shape index (κ1) is 10.6. The van der Waals surface area contributed by atoms with E-state index in [1.165, 1.54) is 14.2 Å². The molecule has 1 heterocycles. The number of thiophene rings is 1. The van der Waals surface area contributed by atoms with Crippen molar-refractivity contribution < 1.29 is 5.11 Å². The third-order valence-electron chi connectivity index (χ3n) is 2.59. The number of hydrogen-bond donors (Lipinski definition) is 2. The lowest BCUT2D eigenvalue weighted by molar-refractivity contribution is 0.0620. The summed E-state index contributed by atoms with van der Waals surface area (Å²) >= 11 is 5.33. The lowest BCUT2D eigenvalue weighted by Gasteiger charge is -2.32. The maximum Gasteiger partial charge on any atom is 0.0570 e. The number of aliphatic hydroxyl groups is 1. The molecule has 1 aliphatic carbocycles. The summed E-state index contributed by atoms with van der Waals surface area (Å²) in [7, 11) is 0. The first-order valence-corrected chi connectivity index (χ1v) is 6.42. The highest BCUT2D eigenvalue weighted by molar-refractivity contribution is 9.10. The zero-order chi connectivity index (χ0) is 10.1. The van der Waals surface area contributed by atoms with Crippen LogP contribution in [0.4, 0.5) is 0 Å². The van der Waals surface area contributed by atoms with Crippen molar-refractivity contribution in [3.63, 3.8) is 0 Å². The van der Waals surface area contributed by atoms with Gasteiger partial charge in [-0.3, -0.25) is 0 Å². The Morgan fingerprint density at radius 1 is 1.64 bits per heavy atom. The predicted molar refractivity (Wildman–Crippen MR) is 62.6 cm³/mol. The molecular weight excluding hydrogens is 262 g/mol. The van der Waals surface area contributed by atoms with Crippen molar-refractivity contribution in [1.82, 2.24) is 5.32 Å². The summed E-state index contributed by atoms with van der Waals surface area (Å²) in [5, 5.41) is 12.6. The fourth-order valence-corrected chi connectivity index (χ4v) is 3.16. The van der Waals surface area contributed by atoms with Gasteiger partial charge in [0.1, 0.15) is 0 Å². The summed E-state index contributed by atoms with van der Waals surface area (Å²) < 4.78 is 1.20. The van der Waals surface area contributed by atoms with Crippen molar-refractivity contribution in [2.24, 2.45) is 0 Å². The molecule has 0 aliphatic heterocycles. The van der Waals surface area contributed by atoms with E-state index in [1.54, 1.807) is 0 Å². The van der Waals surface area contributed by atoms with Gasteiger partial charge in [-0.05, 0) is 41.8 Å². The average molecular weight is 276 g/mol. The minimum atomic E-state index is -0.0655. The van der Waals surface area contributed by atoms with Gasteiger partial charge in [0.2, 0.25) is 0 Å². The lowest BCUT2D eigenvalue weighted by atomic mass is 9.89. The zero-order valence-corrected chi connectivity index (χ0v) is 10.5. The van der Waals surface area contributed by atoms with E-state index in [-0.39, 0.29) is 6.10 Å². The Morgan fingerprint density at radius 3 is 2.86 bits per heavy atom. The van der Waals surface area contributed by atoms with Crippen LogP contribution in [0.1, 0.15) is 22.6 Å². The van der Waals surface area contributed by atoms with Crippen LogP contribution in [0.25, 0.3) is 0 Å². The third-order valence-corrected chi connectivity index (χ3v) is 4.72. The normalized spacial score (nSPS) is 26.2. The standard InChI is InChI=1S/C10H14BrNOS/c1-6-10(11)4-9(14-6)5-12-7-2-8(13)3-7/h4,7-8,12-13H,2-3,5H2,1H3. The molecule has 0 atom stereocenters. The van der Waals surface area contributed by atoms with Crippen LogP contribution < -0.4 is 5.32 Å². The van der Waals surface area contributed by atoms with E-state index in [0.717, 1.165) is 19.4 Å². The van der Waals surface area contributed by atoms with Gasteiger partial charge < -0.3 is 10.4 Å². The molecule has 1 aromatic heterocycles. The third kappa shape index (κ3) is 2.37. The second-order valence-electron chi connectivity index (χ2n) is 3.82. The minimum Gasteiger partial charge on any atom is -0.393 e. The van der Waals surface area contributed by atoms with Gasteiger partial charge in [-0.15, -0.1) is 11.3 Å². The SMILES string of the molecule is Cc1sc(CNC2CC(O)C2)cc1Br. The second-order valence-corrected chi connectivity index (χ2v) is 6.02. The number of hydrogen-bond acceptors (Lipinski definition) is 3. The molecule has 2 rings (SSSR count). The highest BCUT2D eigenvalue weighted by atomic mass is 79.9. The van der Waals surface area contributed by atoms with Crippen LogP contribution in [0.2, 0.25) is 0 Å². The molecule has 1 saturated carbocycles. The van der Waals surface area contributed by atoms with Gasteiger partial charge in [-0.2, -0.15) is 0 Å². The molecule has 0 amide bonds. The Kier molecular flexibility index (Phi) is 3.27. The summed E-state index contributed by atoms with van der Waals surface area (Å²) in [6.07, 6.45) is 1.75. The van der Waals surface area contributed by atoms with Gasteiger partial charge in [0.25, 0.3) is 0 Å². The van der Waals surface area contributed by atoms with Gasteiger partial charge in [0.05, 0.1) is 6.10 Å². The number of aliphatic hydroxyl groups excluding tert-OH is 1. The van der Waals surface area contributed by atoms with Gasteiger partial charge >= 0.3 is 0 Å². The van der Waals surface area contributed by atoms with E-state index in [9.17, 15) is 0 Å². The zero-order valence-electron chi connectivity index (χ0n) is 8.09. The van der Waals surface area contributed by atoms with Gasteiger partial charge in [0, 0.05) is 26.8 Å². The lowest BCUT2D eigenvalue weighted by Crippen LogP contribution is -2.43. The quantitative estimate of drug-likeness (QED) is 0.888. The van der Waals surface area contributed by atoms with Crippen molar-refractivity contribution in [3.8, 4) is 0 Å². The molecule has 0 unspecified atom stereocenters. The fraction of sp³-hybridized carbons (Fsp3) is 0.600. The molecule has 2 N–H and O–H groups in total. The van der Waals surface area contributed by atoms with Crippen LogP contribution in [-0.4, -0.2) is 17.3 Å². The van der Waals surface area contributed by atoms with E-state index >= 15 is 0 Å². The second kappa shape index (κ2) is 4.31. The number of rotatable bonds is 3. The molecule has 0 radical (unpaired) electrons. The first-order valence-electron chi connectivity index (χ1n) is 4.81. The fourth-order valence-electron chi connectivity index (χ4n) is 1.60. The predicted octanol–water partition coefficient (Wildman–Crippen LogP) is 2.43. The van der Waals surface area contributed by atoms with Crippen molar-refractivity contribution in [1.29, 1.82) is 0 Å². The van der Waals surface area contributed by atoms with Crippen molar-refractivity contribution >= 4 is 27.3 Å². The Bertz CT molecular complexity index is 300. The first-order chi connectivity index (χ1) is 6.65. The Morgan fingerprint density at radius 2 is 2.36 bits per heavy atom. The molecule has 78 valence electrons. The molecule has 1 aliphatic rings. The molecular formula is C10H14BrNOS. The van der Waals surface area contributed by atoms with E-state index in [0.29, 0.717) is 6.04 Å². The molecule has 0 saturated heterocycles. The number of halogens is 1. The maximum atomic E-state index is 9.12. The monoisotopic (exact) mass is 275 g/mol. The van der Waals surface area contributed by atoms with Crippen LogP contribution in [0.5, 0.6) is 0 Å². The molecule has 0 spiro atoms. The van der Waals surface area contributed by atoms with Crippen molar-refractivity contribution in [2.75, 3.05) is 0 Å². The number of aryl methyl sites for hydroxylation is 1. The summed E-state index contributed by atoms with van der Waals surface area (Å²) in [4.78, 5) is 2.69. The van der Waals surface area contributed by atoms with E-state index in [1.807, 2.05) is 11.3 Å². The summed E-state index contributed by atoms with van der Waals surface area (Å²) in [6.45, 7) is 3.04. The van der Waals surface area contributed by atoms with Gasteiger partial charge in [-0.1, -0.05) is 0 Å². The summed E-state index contributed by atoms with van der Waals surface area (Å²) in [6, 6.07) is 2.69. The van der Waals surface area contributed by atoms with Crippen LogP contribution >= 0.6 is 27.3 Å². The van der Waals surface area contributed by atoms with Gasteiger partial charge in [-0.25, -0.2) is 0 Å². The smallest absolute Gasteiger partial charge is 0.0570 e. The molecule has 0 aromatic carbocycles. The summed E-state index contributed by atoms with van der Waals surface area (Å²) in [5.41, 5.74) is 0. The molecule has 2 nitrogen and oxygen atoms in total. The van der Waals surface area contributed by atoms with E-state index in [4.69, 9.17) is 5.11 Å². The van der Waals surface area contributed by atoms with Crippen LogP contribution in [0.3, 0.4) is 0 Å². The summed E-state index contributed by atoms with van der Waals surface area (Å²) in [5.74, 6) is 0. The largest absolute Gasteiger partial charge is 0.393 e. The van der Waals surface area contributed by atoms with Crippen molar-refractivity contribution in [2.45, 2.75) is 38.5 Å². The van der Waals surface area contributed by atoms with Crippen LogP contribution in [0, 0.1) is 6.92 Å². The average Bonchev–Trinajstić information content (AvgIpc) is 2.39. The minimum absolute atomic E-state index is 0.0655. The van der Waals surface area contributed by atoms with Crippen LogP contribution in [0.15, 0.2) is 10.5 Å². The highest BCUT2D eigenvalue weighted by Crippen LogP contribution is 2.27. The Labute approximate surface area is 96.5 Å². The van der Waals surface area contributed by atoms with Gasteiger partial charge in [0.15, 0.2) is 0 Å². The molecule has 1 fully saturated rings. The van der Waals surface area contributed by atoms with Crippen LogP contribution in [-0.2, 0) is 6.54 Å². The maximum absolute atomic E-state index is 9.12. The topological polar surface area (TPSA) is 32.3 Å².